The van der Waals surface area contributed by atoms with Crippen molar-refractivity contribution >= 4 is 21.6 Å². The number of aliphatic hydroxyl groups excluding tert-OH is 1. The summed E-state index contributed by atoms with van der Waals surface area (Å²) in [5.74, 6) is 1.68. The van der Waals surface area contributed by atoms with Crippen molar-refractivity contribution in [2.24, 2.45) is 5.92 Å². The van der Waals surface area contributed by atoms with Gasteiger partial charge in [0.1, 0.15) is 0 Å². The molecule has 0 bridgehead atoms. The van der Waals surface area contributed by atoms with E-state index in [1.54, 1.807) is 11.8 Å². The van der Waals surface area contributed by atoms with Gasteiger partial charge in [-0.3, -0.25) is 0 Å². The van der Waals surface area contributed by atoms with Crippen LogP contribution in [0.2, 0.25) is 0 Å². The Labute approximate surface area is 90.2 Å². The Kier molecular flexibility index (Phi) is 4.28. The number of rotatable bonds is 4. The van der Waals surface area contributed by atoms with Crippen molar-refractivity contribution in [2.75, 3.05) is 17.3 Å². The van der Waals surface area contributed by atoms with Crippen LogP contribution >= 0.6 is 11.8 Å². The lowest BCUT2D eigenvalue weighted by Gasteiger charge is -2.12. The van der Waals surface area contributed by atoms with Crippen molar-refractivity contribution in [1.82, 2.24) is 0 Å². The van der Waals surface area contributed by atoms with Gasteiger partial charge in [0.15, 0.2) is 9.84 Å². The van der Waals surface area contributed by atoms with Crippen LogP contribution in [-0.2, 0) is 9.84 Å². The zero-order valence-electron chi connectivity index (χ0n) is 8.64. The van der Waals surface area contributed by atoms with Gasteiger partial charge in [-0.2, -0.15) is 11.8 Å². The van der Waals surface area contributed by atoms with E-state index in [1.165, 1.54) is 0 Å². The van der Waals surface area contributed by atoms with E-state index < -0.39 is 15.9 Å². The van der Waals surface area contributed by atoms with Crippen LogP contribution in [0.1, 0.15) is 20.3 Å². The summed E-state index contributed by atoms with van der Waals surface area (Å²) in [6, 6.07) is 0. The zero-order valence-corrected chi connectivity index (χ0v) is 10.3. The molecule has 0 aliphatic carbocycles. The van der Waals surface area contributed by atoms with E-state index in [4.69, 9.17) is 0 Å². The molecule has 1 aliphatic heterocycles. The summed E-state index contributed by atoms with van der Waals surface area (Å²) in [6.45, 7) is 4.28. The Hall–Kier alpha value is 0.260. The van der Waals surface area contributed by atoms with Crippen LogP contribution in [0.25, 0.3) is 0 Å². The predicted molar refractivity (Wildman–Crippen MR) is 60.4 cm³/mol. The van der Waals surface area contributed by atoms with E-state index in [0.717, 1.165) is 12.2 Å². The molecule has 2 atom stereocenters. The van der Waals surface area contributed by atoms with Crippen LogP contribution in [-0.4, -0.2) is 42.1 Å². The topological polar surface area (TPSA) is 54.4 Å². The van der Waals surface area contributed by atoms with E-state index in [1.807, 2.05) is 0 Å². The molecule has 0 amide bonds. The molecule has 1 fully saturated rings. The molecule has 0 aromatic rings. The second kappa shape index (κ2) is 4.86. The summed E-state index contributed by atoms with van der Waals surface area (Å²) in [6.07, 6.45) is 0.422. The lowest BCUT2D eigenvalue weighted by atomic mass is 10.2. The van der Waals surface area contributed by atoms with Crippen LogP contribution < -0.4 is 0 Å². The zero-order chi connectivity index (χ0) is 10.8. The van der Waals surface area contributed by atoms with Gasteiger partial charge in [0.25, 0.3) is 0 Å². The molecular weight excluding hydrogens is 220 g/mol. The van der Waals surface area contributed by atoms with Gasteiger partial charge in [0, 0.05) is 5.25 Å². The first-order valence-corrected chi connectivity index (χ1v) is 7.78. The molecule has 84 valence electrons. The highest BCUT2D eigenvalue weighted by Crippen LogP contribution is 2.26. The standard InChI is InChI=1S/C9H18O3S2/c1-7(2)3-4-13-9-6-14(11,12)5-8(9)10/h7-10H,3-6H2,1-2H3. The second-order valence-electron chi connectivity index (χ2n) is 4.24. The van der Waals surface area contributed by atoms with Gasteiger partial charge in [-0.15, -0.1) is 0 Å². The predicted octanol–water partition coefficient (Wildman–Crippen LogP) is 0.924. The Bertz CT molecular complexity index is 272. The molecule has 0 radical (unpaired) electrons. The highest BCUT2D eigenvalue weighted by atomic mass is 32.2. The highest BCUT2D eigenvalue weighted by molar-refractivity contribution is 8.01. The van der Waals surface area contributed by atoms with Gasteiger partial charge >= 0.3 is 0 Å². The van der Waals surface area contributed by atoms with Crippen molar-refractivity contribution in [3.05, 3.63) is 0 Å². The molecule has 1 aliphatic rings. The van der Waals surface area contributed by atoms with Crippen LogP contribution in [0.3, 0.4) is 0 Å². The van der Waals surface area contributed by atoms with Gasteiger partial charge in [0.05, 0.1) is 17.6 Å². The molecule has 14 heavy (non-hydrogen) atoms. The Morgan fingerprint density at radius 1 is 1.43 bits per heavy atom. The third-order valence-electron chi connectivity index (χ3n) is 2.30. The molecule has 0 spiro atoms. The quantitative estimate of drug-likeness (QED) is 0.791. The molecule has 1 saturated heterocycles. The Balaban J connectivity index is 2.33. The number of aliphatic hydroxyl groups is 1. The van der Waals surface area contributed by atoms with Crippen molar-refractivity contribution in [3.8, 4) is 0 Å². The van der Waals surface area contributed by atoms with E-state index >= 15 is 0 Å². The minimum atomic E-state index is -2.97. The van der Waals surface area contributed by atoms with Gasteiger partial charge < -0.3 is 5.11 Å². The van der Waals surface area contributed by atoms with E-state index in [0.29, 0.717) is 5.92 Å². The summed E-state index contributed by atoms with van der Waals surface area (Å²) < 4.78 is 22.4. The number of thioether (sulfide) groups is 1. The summed E-state index contributed by atoms with van der Waals surface area (Å²) in [4.78, 5) is 0. The minimum Gasteiger partial charge on any atom is -0.391 e. The normalized spacial score (nSPS) is 31.1. The molecule has 1 rings (SSSR count). The maximum absolute atomic E-state index is 11.2. The number of hydrogen-bond acceptors (Lipinski definition) is 4. The van der Waals surface area contributed by atoms with E-state index in [2.05, 4.69) is 13.8 Å². The maximum atomic E-state index is 11.2. The maximum Gasteiger partial charge on any atom is 0.154 e. The third kappa shape index (κ3) is 3.79. The smallest absolute Gasteiger partial charge is 0.154 e. The van der Waals surface area contributed by atoms with Gasteiger partial charge in [-0.1, -0.05) is 13.8 Å². The van der Waals surface area contributed by atoms with Crippen LogP contribution in [0.5, 0.6) is 0 Å². The van der Waals surface area contributed by atoms with Crippen molar-refractivity contribution < 1.29 is 13.5 Å². The average Bonchev–Trinajstić information content (AvgIpc) is 2.24. The summed E-state index contributed by atoms with van der Waals surface area (Å²) in [5.41, 5.74) is 0. The lowest BCUT2D eigenvalue weighted by Crippen LogP contribution is -2.20. The van der Waals surface area contributed by atoms with Gasteiger partial charge in [0.2, 0.25) is 0 Å². The van der Waals surface area contributed by atoms with Crippen molar-refractivity contribution in [3.63, 3.8) is 0 Å². The van der Waals surface area contributed by atoms with Crippen LogP contribution in [0.4, 0.5) is 0 Å². The SMILES string of the molecule is CC(C)CCSC1CS(=O)(=O)CC1O. The highest BCUT2D eigenvalue weighted by Gasteiger charge is 2.36. The molecular formula is C9H18O3S2. The third-order valence-corrected chi connectivity index (χ3v) is 5.61. The van der Waals surface area contributed by atoms with Crippen molar-refractivity contribution in [2.45, 2.75) is 31.6 Å². The first-order chi connectivity index (χ1) is 6.41. The average molecular weight is 238 g/mol. The number of hydrogen-bond donors (Lipinski definition) is 1. The summed E-state index contributed by atoms with van der Waals surface area (Å²) >= 11 is 1.59. The first kappa shape index (κ1) is 12.3. The molecule has 3 nitrogen and oxygen atoms in total. The molecule has 0 aromatic heterocycles. The Morgan fingerprint density at radius 3 is 2.50 bits per heavy atom. The molecule has 1 heterocycles. The molecule has 5 heteroatoms. The van der Waals surface area contributed by atoms with E-state index in [9.17, 15) is 13.5 Å². The molecule has 0 aromatic carbocycles. The van der Waals surface area contributed by atoms with Crippen molar-refractivity contribution in [1.29, 1.82) is 0 Å². The number of sulfone groups is 1. The Morgan fingerprint density at radius 2 is 2.07 bits per heavy atom. The molecule has 1 N–H and O–H groups in total. The fourth-order valence-corrected chi connectivity index (χ4v) is 5.38. The van der Waals surface area contributed by atoms with Gasteiger partial charge in [-0.25, -0.2) is 8.42 Å². The van der Waals surface area contributed by atoms with Gasteiger partial charge in [-0.05, 0) is 18.1 Å². The lowest BCUT2D eigenvalue weighted by molar-refractivity contribution is 0.207. The summed E-state index contributed by atoms with van der Waals surface area (Å²) in [7, 11) is -2.97. The van der Waals surface area contributed by atoms with Crippen LogP contribution in [0.15, 0.2) is 0 Å². The fraction of sp³-hybridized carbons (Fsp3) is 1.00. The van der Waals surface area contributed by atoms with Crippen LogP contribution in [0, 0.1) is 5.92 Å². The molecule has 2 unspecified atom stereocenters. The minimum absolute atomic E-state index is 0.0493. The van der Waals surface area contributed by atoms with E-state index in [-0.39, 0.29) is 16.8 Å². The fourth-order valence-electron chi connectivity index (χ4n) is 1.41. The first-order valence-electron chi connectivity index (χ1n) is 4.91. The monoisotopic (exact) mass is 238 g/mol. The largest absolute Gasteiger partial charge is 0.391 e. The molecule has 0 saturated carbocycles. The summed E-state index contributed by atoms with van der Waals surface area (Å²) in [5, 5.41) is 9.39. The second-order valence-corrected chi connectivity index (χ2v) is 7.74.